The zero-order chi connectivity index (χ0) is 29.3. The van der Waals surface area contributed by atoms with Crippen LogP contribution in [0.2, 0.25) is 0 Å². The summed E-state index contributed by atoms with van der Waals surface area (Å²) >= 11 is 0. The minimum absolute atomic E-state index is 0.164. The Hall–Kier alpha value is -3.39. The molecule has 0 radical (unpaired) electrons. The molecule has 0 amide bonds. The monoisotopic (exact) mass is 590 g/mol. The first kappa shape index (κ1) is 29.1. The molecule has 3 aromatic rings. The van der Waals surface area contributed by atoms with E-state index in [1.165, 1.54) is 6.33 Å². The molecule has 0 spiro atoms. The Balaban J connectivity index is 1.52. The molecule has 11 nitrogen and oxygen atoms in total. The van der Waals surface area contributed by atoms with Gasteiger partial charge in [0, 0.05) is 45.2 Å². The number of anilines is 5. The summed E-state index contributed by atoms with van der Waals surface area (Å²) in [5, 5.41) is 13.2. The summed E-state index contributed by atoms with van der Waals surface area (Å²) < 4.78 is 54.9. The summed E-state index contributed by atoms with van der Waals surface area (Å²) in [5.74, 6) is -1.80. The first-order chi connectivity index (χ1) is 19.4. The van der Waals surface area contributed by atoms with E-state index in [-0.39, 0.29) is 31.3 Å². The molecule has 0 bridgehead atoms. The van der Waals surface area contributed by atoms with E-state index in [1.54, 1.807) is 29.3 Å². The molecule has 41 heavy (non-hydrogen) atoms. The summed E-state index contributed by atoms with van der Waals surface area (Å²) in [6, 6.07) is 5.10. The molecule has 5 rings (SSSR count). The van der Waals surface area contributed by atoms with Crippen molar-refractivity contribution in [3.8, 4) is 0 Å². The highest BCUT2D eigenvalue weighted by molar-refractivity contribution is 7.92. The van der Waals surface area contributed by atoms with Crippen LogP contribution in [0, 0.1) is 5.41 Å². The first-order valence-corrected chi connectivity index (χ1v) is 15.5. The van der Waals surface area contributed by atoms with Crippen LogP contribution < -0.4 is 19.8 Å². The lowest BCUT2D eigenvalue weighted by molar-refractivity contribution is -0.0222. The lowest BCUT2D eigenvalue weighted by Crippen LogP contribution is -2.40. The van der Waals surface area contributed by atoms with Gasteiger partial charge in [0.15, 0.2) is 0 Å². The number of nitrogens with one attached hydrogen (secondary N) is 2. The Labute approximate surface area is 238 Å². The molecule has 2 aromatic heterocycles. The predicted molar refractivity (Wildman–Crippen MR) is 156 cm³/mol. The molecule has 4 heterocycles. The van der Waals surface area contributed by atoms with E-state index in [4.69, 9.17) is 0 Å². The van der Waals surface area contributed by atoms with Crippen LogP contribution in [0.15, 0.2) is 30.7 Å². The van der Waals surface area contributed by atoms with Crippen LogP contribution in [0.5, 0.6) is 0 Å². The molecule has 1 aromatic carbocycles. The van der Waals surface area contributed by atoms with Crippen LogP contribution in [-0.4, -0.2) is 77.9 Å². The topological polar surface area (TPSA) is 136 Å². The number of hydrogen-bond donors (Lipinski definition) is 3. The highest BCUT2D eigenvalue weighted by Crippen LogP contribution is 2.39. The third kappa shape index (κ3) is 7.10. The lowest BCUT2D eigenvalue weighted by Gasteiger charge is -2.31. The number of aromatic nitrogens is 4. The number of halogens is 2. The molecule has 0 unspecified atom stereocenters. The maximum absolute atomic E-state index is 13.7. The van der Waals surface area contributed by atoms with Crippen LogP contribution in [-0.2, 0) is 10.0 Å². The van der Waals surface area contributed by atoms with Crippen LogP contribution in [0.25, 0.3) is 10.9 Å². The van der Waals surface area contributed by atoms with Crippen molar-refractivity contribution in [1.82, 2.24) is 19.9 Å². The Bertz CT molecular complexity index is 1500. The van der Waals surface area contributed by atoms with Gasteiger partial charge in [0.1, 0.15) is 18.0 Å². The second kappa shape index (κ2) is 11.5. The van der Waals surface area contributed by atoms with Gasteiger partial charge in [0.2, 0.25) is 16.0 Å². The van der Waals surface area contributed by atoms with Gasteiger partial charge in [0.25, 0.3) is 5.92 Å². The quantitative estimate of drug-likeness (QED) is 0.351. The number of aliphatic hydroxyl groups excluding tert-OH is 1. The summed E-state index contributed by atoms with van der Waals surface area (Å²) in [7, 11) is -3.75. The number of rotatable bonds is 8. The Morgan fingerprint density at radius 3 is 2.51 bits per heavy atom. The lowest BCUT2D eigenvalue weighted by atomic mass is 9.85. The van der Waals surface area contributed by atoms with Crippen molar-refractivity contribution in [1.29, 1.82) is 0 Å². The standard InChI is InChI=1S/C27H36F2N8O3S/c1-26(2)5-3-10-36(11-6-26)21-17-19(35-41(39,40)15-14-38)16-20-23(21)24(32-18-31-20)33-22-4-9-30-25(34-22)37-12-7-27(28,29)8-13-37/h4,9,16-18,35,38H,3,5-8,10-15H2,1-2H3,(H,30,31,32,33,34). The summed E-state index contributed by atoms with van der Waals surface area (Å²) in [6.45, 7) is 5.88. The van der Waals surface area contributed by atoms with E-state index < -0.39 is 28.3 Å². The van der Waals surface area contributed by atoms with Gasteiger partial charge in [-0.2, -0.15) is 4.98 Å². The average molecular weight is 591 g/mol. The molecule has 222 valence electrons. The van der Waals surface area contributed by atoms with Crippen molar-refractivity contribution < 1.29 is 22.3 Å². The SMILES string of the molecule is CC1(C)CCCN(c2cc(NS(=O)(=O)CCO)cc3ncnc(Nc4ccnc(N5CCC(F)(F)CC5)n4)c23)CC1. The van der Waals surface area contributed by atoms with Gasteiger partial charge < -0.3 is 20.2 Å². The van der Waals surface area contributed by atoms with Gasteiger partial charge in [-0.15, -0.1) is 0 Å². The molecule has 0 aliphatic carbocycles. The minimum Gasteiger partial charge on any atom is -0.395 e. The highest BCUT2D eigenvalue weighted by atomic mass is 32.2. The van der Waals surface area contributed by atoms with Crippen molar-refractivity contribution >= 4 is 49.9 Å². The smallest absolute Gasteiger partial charge is 0.251 e. The van der Waals surface area contributed by atoms with E-state index >= 15 is 0 Å². The molecule has 2 aliphatic heterocycles. The third-order valence-electron chi connectivity index (χ3n) is 7.70. The van der Waals surface area contributed by atoms with Crippen LogP contribution in [0.3, 0.4) is 0 Å². The molecule has 3 N–H and O–H groups in total. The molecule has 14 heteroatoms. The Morgan fingerprint density at radius 1 is 1.00 bits per heavy atom. The van der Waals surface area contributed by atoms with Crippen molar-refractivity contribution in [3.05, 3.63) is 30.7 Å². The number of benzene rings is 1. The van der Waals surface area contributed by atoms with E-state index in [2.05, 4.69) is 48.7 Å². The number of nitrogens with zero attached hydrogens (tertiary/aromatic N) is 6. The average Bonchev–Trinajstić information content (AvgIpc) is 3.08. The normalized spacial score (nSPS) is 19.1. The zero-order valence-electron chi connectivity index (χ0n) is 23.3. The number of alkyl halides is 2. The van der Waals surface area contributed by atoms with E-state index in [0.29, 0.717) is 34.2 Å². The molecule has 0 atom stereocenters. The van der Waals surface area contributed by atoms with Gasteiger partial charge >= 0.3 is 0 Å². The number of hydrogen-bond acceptors (Lipinski definition) is 10. The zero-order valence-corrected chi connectivity index (χ0v) is 24.1. The maximum atomic E-state index is 13.7. The highest BCUT2D eigenvalue weighted by Gasteiger charge is 2.35. The van der Waals surface area contributed by atoms with Gasteiger partial charge in [-0.1, -0.05) is 13.8 Å². The molecule has 2 fully saturated rings. The van der Waals surface area contributed by atoms with Crippen LogP contribution >= 0.6 is 0 Å². The Morgan fingerprint density at radius 2 is 1.76 bits per heavy atom. The second-order valence-electron chi connectivity index (χ2n) is 11.5. The third-order valence-corrected chi connectivity index (χ3v) is 8.97. The van der Waals surface area contributed by atoms with E-state index in [1.807, 2.05) is 0 Å². The van der Waals surface area contributed by atoms with Gasteiger partial charge in [-0.05, 0) is 42.9 Å². The molecular weight excluding hydrogens is 554 g/mol. The van der Waals surface area contributed by atoms with Crippen molar-refractivity contribution in [2.75, 3.05) is 58.4 Å². The van der Waals surface area contributed by atoms with E-state index in [9.17, 15) is 22.3 Å². The number of piperidine rings is 1. The van der Waals surface area contributed by atoms with Crippen molar-refractivity contribution in [2.45, 2.75) is 51.9 Å². The van der Waals surface area contributed by atoms with E-state index in [0.717, 1.165) is 38.0 Å². The summed E-state index contributed by atoms with van der Waals surface area (Å²) in [6.07, 6.45) is 5.46. The summed E-state index contributed by atoms with van der Waals surface area (Å²) in [5.41, 5.74) is 1.83. The molecule has 0 saturated carbocycles. The predicted octanol–water partition coefficient (Wildman–Crippen LogP) is 4.15. The van der Waals surface area contributed by atoms with Crippen LogP contribution in [0.1, 0.15) is 46.0 Å². The Kier molecular flexibility index (Phi) is 8.15. The van der Waals surface area contributed by atoms with Crippen molar-refractivity contribution in [3.63, 3.8) is 0 Å². The van der Waals surface area contributed by atoms with Gasteiger partial charge in [-0.3, -0.25) is 4.72 Å². The van der Waals surface area contributed by atoms with Crippen molar-refractivity contribution in [2.24, 2.45) is 5.41 Å². The first-order valence-electron chi connectivity index (χ1n) is 13.8. The molecule has 2 saturated heterocycles. The van der Waals surface area contributed by atoms with Crippen LogP contribution in [0.4, 0.5) is 37.7 Å². The molecule has 2 aliphatic rings. The van der Waals surface area contributed by atoms with Gasteiger partial charge in [-0.25, -0.2) is 32.2 Å². The van der Waals surface area contributed by atoms with Gasteiger partial charge in [0.05, 0.1) is 34.6 Å². The fourth-order valence-corrected chi connectivity index (χ4v) is 6.13. The summed E-state index contributed by atoms with van der Waals surface area (Å²) in [4.78, 5) is 21.8. The second-order valence-corrected chi connectivity index (χ2v) is 13.3. The molecular formula is C27H36F2N8O3S. The fourth-order valence-electron chi connectivity index (χ4n) is 5.31. The maximum Gasteiger partial charge on any atom is 0.251 e. The number of fused-ring (bicyclic) bond motifs is 1. The minimum atomic E-state index is -3.75. The fraction of sp³-hybridized carbons (Fsp3) is 0.556. The number of sulfonamides is 1. The number of aliphatic hydroxyl groups is 1. The largest absolute Gasteiger partial charge is 0.395 e.